The molecule has 1 heterocycles. The van der Waals surface area contributed by atoms with Crippen molar-refractivity contribution in [3.63, 3.8) is 0 Å². The van der Waals surface area contributed by atoms with Crippen molar-refractivity contribution < 1.29 is 9.47 Å². The fourth-order valence-electron chi connectivity index (χ4n) is 1.98. The Kier molecular flexibility index (Phi) is 5.62. The molecule has 0 N–H and O–H groups in total. The van der Waals surface area contributed by atoms with E-state index >= 15 is 0 Å². The molecule has 1 fully saturated rings. The molecule has 1 aliphatic rings. The Morgan fingerprint density at radius 3 is 3.00 bits per heavy atom. The second-order valence-corrected chi connectivity index (χ2v) is 4.05. The van der Waals surface area contributed by atoms with Gasteiger partial charge in [-0.2, -0.15) is 5.26 Å². The molecule has 1 aliphatic heterocycles. The SMILES string of the molecule is COC[C@@H]1CN(CCCC#N)C[C@H](C)O1. The quantitative estimate of drug-likeness (QED) is 0.638. The van der Waals surface area contributed by atoms with Gasteiger partial charge in [-0.15, -0.1) is 0 Å². The minimum atomic E-state index is 0.181. The number of morpholine rings is 1. The molecule has 4 heteroatoms. The lowest BCUT2D eigenvalue weighted by Crippen LogP contribution is -2.48. The summed E-state index contributed by atoms with van der Waals surface area (Å²) in [5.41, 5.74) is 0. The van der Waals surface area contributed by atoms with Gasteiger partial charge in [0, 0.05) is 26.6 Å². The van der Waals surface area contributed by atoms with E-state index in [-0.39, 0.29) is 12.2 Å². The van der Waals surface area contributed by atoms with Crippen LogP contribution < -0.4 is 0 Å². The summed E-state index contributed by atoms with van der Waals surface area (Å²) in [5.74, 6) is 0. The molecular weight excluding hydrogens is 192 g/mol. The Morgan fingerprint density at radius 1 is 1.53 bits per heavy atom. The van der Waals surface area contributed by atoms with Gasteiger partial charge in [-0.3, -0.25) is 4.90 Å². The zero-order valence-corrected chi connectivity index (χ0v) is 9.61. The predicted octanol–water partition coefficient (Wildman–Crippen LogP) is 1.03. The number of rotatable bonds is 5. The van der Waals surface area contributed by atoms with Crippen LogP contribution in [0.1, 0.15) is 19.8 Å². The van der Waals surface area contributed by atoms with Crippen molar-refractivity contribution in [3.8, 4) is 6.07 Å². The van der Waals surface area contributed by atoms with Gasteiger partial charge in [0.2, 0.25) is 0 Å². The molecule has 0 spiro atoms. The van der Waals surface area contributed by atoms with E-state index in [0.717, 1.165) is 26.1 Å². The Balaban J connectivity index is 2.28. The molecule has 0 bridgehead atoms. The van der Waals surface area contributed by atoms with Crippen molar-refractivity contribution in [2.75, 3.05) is 33.4 Å². The van der Waals surface area contributed by atoms with E-state index in [0.29, 0.717) is 13.0 Å². The zero-order valence-electron chi connectivity index (χ0n) is 9.61. The summed E-state index contributed by atoms with van der Waals surface area (Å²) in [6, 6.07) is 2.17. The summed E-state index contributed by atoms with van der Waals surface area (Å²) in [6.07, 6.45) is 2.03. The van der Waals surface area contributed by atoms with Gasteiger partial charge >= 0.3 is 0 Å². The number of ether oxygens (including phenoxy) is 2. The van der Waals surface area contributed by atoms with Crippen LogP contribution in [0.2, 0.25) is 0 Å². The highest BCUT2D eigenvalue weighted by molar-refractivity contribution is 4.77. The highest BCUT2D eigenvalue weighted by atomic mass is 16.5. The standard InChI is InChI=1S/C11H20N2O2/c1-10-7-13(6-4-3-5-12)8-11(15-10)9-14-2/h10-11H,3-4,6-9H2,1-2H3/t10-,11-/m0/s1. The van der Waals surface area contributed by atoms with Gasteiger partial charge in [0.05, 0.1) is 24.9 Å². The predicted molar refractivity (Wildman–Crippen MR) is 57.5 cm³/mol. The minimum absolute atomic E-state index is 0.181. The lowest BCUT2D eigenvalue weighted by molar-refractivity contribution is -0.101. The van der Waals surface area contributed by atoms with Crippen LogP contribution in [0.25, 0.3) is 0 Å². The number of nitrogens with zero attached hydrogens (tertiary/aromatic N) is 2. The number of methoxy groups -OCH3 is 1. The molecule has 1 rings (SSSR count). The fraction of sp³-hybridized carbons (Fsp3) is 0.909. The average Bonchev–Trinajstić information content (AvgIpc) is 2.18. The molecule has 0 aromatic heterocycles. The normalized spacial score (nSPS) is 27.5. The first kappa shape index (κ1) is 12.4. The van der Waals surface area contributed by atoms with Crippen molar-refractivity contribution in [1.82, 2.24) is 4.90 Å². The van der Waals surface area contributed by atoms with Crippen LogP contribution in [0, 0.1) is 11.3 Å². The maximum absolute atomic E-state index is 8.47. The van der Waals surface area contributed by atoms with Crippen molar-refractivity contribution in [2.24, 2.45) is 0 Å². The van der Waals surface area contributed by atoms with Gasteiger partial charge in [0.15, 0.2) is 0 Å². The first-order chi connectivity index (χ1) is 7.26. The van der Waals surface area contributed by atoms with Crippen LogP contribution in [-0.2, 0) is 9.47 Å². The second kappa shape index (κ2) is 6.78. The van der Waals surface area contributed by atoms with E-state index in [2.05, 4.69) is 17.9 Å². The van der Waals surface area contributed by atoms with E-state index in [1.54, 1.807) is 7.11 Å². The molecule has 0 amide bonds. The lowest BCUT2D eigenvalue weighted by atomic mass is 10.2. The maximum atomic E-state index is 8.47. The van der Waals surface area contributed by atoms with Gasteiger partial charge in [0.1, 0.15) is 0 Å². The lowest BCUT2D eigenvalue weighted by Gasteiger charge is -2.36. The van der Waals surface area contributed by atoms with E-state index < -0.39 is 0 Å². The minimum Gasteiger partial charge on any atom is -0.382 e. The third-order valence-corrected chi connectivity index (χ3v) is 2.52. The topological polar surface area (TPSA) is 45.5 Å². The molecule has 0 saturated carbocycles. The van der Waals surface area contributed by atoms with Gasteiger partial charge in [0.25, 0.3) is 0 Å². The van der Waals surface area contributed by atoms with Gasteiger partial charge in [-0.05, 0) is 19.9 Å². The third kappa shape index (κ3) is 4.61. The van der Waals surface area contributed by atoms with Crippen LogP contribution in [0.5, 0.6) is 0 Å². The molecule has 0 aromatic carbocycles. The summed E-state index contributed by atoms with van der Waals surface area (Å²) in [5, 5.41) is 8.47. The second-order valence-electron chi connectivity index (χ2n) is 4.05. The van der Waals surface area contributed by atoms with Crippen LogP contribution in [0.4, 0.5) is 0 Å². The molecular formula is C11H20N2O2. The van der Waals surface area contributed by atoms with Gasteiger partial charge in [-0.1, -0.05) is 0 Å². The van der Waals surface area contributed by atoms with Gasteiger partial charge < -0.3 is 9.47 Å². The van der Waals surface area contributed by atoms with E-state index in [1.165, 1.54) is 0 Å². The molecule has 86 valence electrons. The molecule has 0 aliphatic carbocycles. The summed E-state index contributed by atoms with van der Waals surface area (Å²) in [6.45, 7) is 5.61. The third-order valence-electron chi connectivity index (χ3n) is 2.52. The fourth-order valence-corrected chi connectivity index (χ4v) is 1.98. The van der Waals surface area contributed by atoms with Crippen LogP contribution in [-0.4, -0.2) is 50.5 Å². The number of hydrogen-bond donors (Lipinski definition) is 0. The van der Waals surface area contributed by atoms with Crippen molar-refractivity contribution >= 4 is 0 Å². The first-order valence-electron chi connectivity index (χ1n) is 5.50. The summed E-state index contributed by atoms with van der Waals surface area (Å²) < 4.78 is 10.8. The van der Waals surface area contributed by atoms with Crippen LogP contribution >= 0.6 is 0 Å². The molecule has 2 atom stereocenters. The Hall–Kier alpha value is -0.630. The molecule has 0 radical (unpaired) electrons. The molecule has 0 aromatic rings. The number of unbranched alkanes of at least 4 members (excludes halogenated alkanes) is 1. The molecule has 15 heavy (non-hydrogen) atoms. The summed E-state index contributed by atoms with van der Waals surface area (Å²) in [7, 11) is 1.70. The summed E-state index contributed by atoms with van der Waals surface area (Å²) in [4.78, 5) is 2.36. The highest BCUT2D eigenvalue weighted by Crippen LogP contribution is 2.11. The zero-order chi connectivity index (χ0) is 11.1. The monoisotopic (exact) mass is 212 g/mol. The average molecular weight is 212 g/mol. The first-order valence-corrected chi connectivity index (χ1v) is 5.50. The van der Waals surface area contributed by atoms with Gasteiger partial charge in [-0.25, -0.2) is 0 Å². The molecule has 4 nitrogen and oxygen atoms in total. The molecule has 0 unspecified atom stereocenters. The highest BCUT2D eigenvalue weighted by Gasteiger charge is 2.24. The smallest absolute Gasteiger partial charge is 0.0939 e. The molecule has 1 saturated heterocycles. The van der Waals surface area contributed by atoms with Crippen LogP contribution in [0.15, 0.2) is 0 Å². The van der Waals surface area contributed by atoms with E-state index in [9.17, 15) is 0 Å². The van der Waals surface area contributed by atoms with Crippen molar-refractivity contribution in [1.29, 1.82) is 5.26 Å². The van der Waals surface area contributed by atoms with Crippen LogP contribution in [0.3, 0.4) is 0 Å². The van der Waals surface area contributed by atoms with E-state index in [1.807, 2.05) is 0 Å². The number of hydrogen-bond acceptors (Lipinski definition) is 4. The Labute approximate surface area is 91.8 Å². The van der Waals surface area contributed by atoms with E-state index in [4.69, 9.17) is 14.7 Å². The van der Waals surface area contributed by atoms with Crippen molar-refractivity contribution in [2.45, 2.75) is 32.0 Å². The Morgan fingerprint density at radius 2 is 2.33 bits per heavy atom. The Bertz CT molecular complexity index is 215. The largest absolute Gasteiger partial charge is 0.382 e. The van der Waals surface area contributed by atoms with Crippen molar-refractivity contribution in [3.05, 3.63) is 0 Å². The maximum Gasteiger partial charge on any atom is 0.0939 e. The summed E-state index contributed by atoms with van der Waals surface area (Å²) >= 11 is 0. The number of nitriles is 1.